The fraction of sp³-hybridized carbons (Fsp3) is 0.333. The van der Waals surface area contributed by atoms with E-state index in [1.807, 2.05) is 13.8 Å². The molecule has 166 valence electrons. The van der Waals surface area contributed by atoms with E-state index >= 15 is 0 Å². The second kappa shape index (κ2) is 9.13. The molecule has 1 heterocycles. The number of halogens is 1. The zero-order valence-corrected chi connectivity index (χ0v) is 19.5. The predicted octanol–water partition coefficient (Wildman–Crippen LogP) is 4.37. The smallest absolute Gasteiger partial charge is 0.266 e. The first-order chi connectivity index (χ1) is 15.1. The quantitative estimate of drug-likeness (QED) is 0.443. The van der Waals surface area contributed by atoms with E-state index in [4.69, 9.17) is 0 Å². The number of nitrogens with zero attached hydrogens (tertiary/aromatic N) is 3. The Morgan fingerprint density at radius 2 is 1.94 bits per heavy atom. The molecule has 6 nitrogen and oxygen atoms in total. The largest absolute Gasteiger partial charge is 0.337 e. The fourth-order valence-corrected chi connectivity index (χ4v) is 3.94. The third-order valence-corrected chi connectivity index (χ3v) is 6.63. The minimum atomic E-state index is -1.03. The number of hydrogen-bond donors (Lipinski definition) is 1. The molecule has 0 radical (unpaired) electrons. The van der Waals surface area contributed by atoms with Crippen LogP contribution in [-0.2, 0) is 4.79 Å². The summed E-state index contributed by atoms with van der Waals surface area (Å²) in [5.74, 6) is -0.885. The van der Waals surface area contributed by atoms with Gasteiger partial charge < -0.3 is 5.32 Å². The first kappa shape index (κ1) is 23.5. The second-order valence-electron chi connectivity index (χ2n) is 8.20. The van der Waals surface area contributed by atoms with E-state index in [2.05, 4.69) is 16.4 Å². The number of benzene rings is 2. The van der Waals surface area contributed by atoms with Gasteiger partial charge in [-0.2, -0.15) is 5.26 Å². The van der Waals surface area contributed by atoms with Crippen molar-refractivity contribution in [1.29, 1.82) is 5.26 Å². The van der Waals surface area contributed by atoms with Crippen LogP contribution in [0.4, 0.5) is 4.39 Å². The van der Waals surface area contributed by atoms with Gasteiger partial charge in [0.05, 0.1) is 27.9 Å². The standard InChI is InChI=1S/C24H25FN4O2S/c1-14(2)24(5,13-26)28-21(30)16(4)32-23-27-20-9-7-6-8-18(20)22(31)29(23)17-11-10-15(3)19(25)12-17/h6-12,14,16H,1-5H3,(H,28,30). The normalized spacial score (nSPS) is 14.1. The van der Waals surface area contributed by atoms with E-state index in [-0.39, 0.29) is 22.5 Å². The summed E-state index contributed by atoms with van der Waals surface area (Å²) in [4.78, 5) is 30.8. The van der Waals surface area contributed by atoms with Gasteiger partial charge >= 0.3 is 0 Å². The van der Waals surface area contributed by atoms with Crippen LogP contribution >= 0.6 is 11.8 Å². The molecule has 0 saturated heterocycles. The van der Waals surface area contributed by atoms with Gasteiger partial charge in [0.1, 0.15) is 11.4 Å². The first-order valence-corrected chi connectivity index (χ1v) is 11.1. The average molecular weight is 453 g/mol. The molecule has 0 bridgehead atoms. The highest BCUT2D eigenvalue weighted by Crippen LogP contribution is 2.27. The zero-order valence-electron chi connectivity index (χ0n) is 18.6. The van der Waals surface area contributed by atoms with Crippen LogP contribution in [0.3, 0.4) is 0 Å². The maximum Gasteiger partial charge on any atom is 0.266 e. The molecule has 2 atom stereocenters. The third-order valence-electron chi connectivity index (χ3n) is 5.58. The highest BCUT2D eigenvalue weighted by Gasteiger charge is 2.32. The van der Waals surface area contributed by atoms with Crippen LogP contribution in [0.25, 0.3) is 16.6 Å². The maximum atomic E-state index is 14.3. The van der Waals surface area contributed by atoms with Crippen molar-refractivity contribution in [3.63, 3.8) is 0 Å². The molecular weight excluding hydrogens is 427 g/mol. The minimum Gasteiger partial charge on any atom is -0.337 e. The van der Waals surface area contributed by atoms with E-state index in [0.717, 1.165) is 11.8 Å². The topological polar surface area (TPSA) is 87.8 Å². The van der Waals surface area contributed by atoms with Crippen LogP contribution in [0.1, 0.15) is 33.3 Å². The van der Waals surface area contributed by atoms with E-state index < -0.39 is 16.6 Å². The van der Waals surface area contributed by atoms with Crippen LogP contribution in [0, 0.1) is 30.0 Å². The van der Waals surface area contributed by atoms with Gasteiger partial charge in [-0.25, -0.2) is 9.37 Å². The summed E-state index contributed by atoms with van der Waals surface area (Å²) in [6, 6.07) is 13.6. The predicted molar refractivity (Wildman–Crippen MR) is 124 cm³/mol. The highest BCUT2D eigenvalue weighted by atomic mass is 32.2. The number of amides is 1. The molecule has 1 N–H and O–H groups in total. The number of rotatable bonds is 6. The van der Waals surface area contributed by atoms with Crippen molar-refractivity contribution in [3.8, 4) is 11.8 Å². The number of thioether (sulfide) groups is 1. The molecule has 3 rings (SSSR count). The van der Waals surface area contributed by atoms with Crippen molar-refractivity contribution >= 4 is 28.6 Å². The lowest BCUT2D eigenvalue weighted by molar-refractivity contribution is -0.121. The molecule has 0 aliphatic rings. The molecule has 0 aliphatic carbocycles. The van der Waals surface area contributed by atoms with Crippen molar-refractivity contribution in [2.24, 2.45) is 5.92 Å². The zero-order chi connectivity index (χ0) is 23.6. The lowest BCUT2D eigenvalue weighted by atomic mass is 9.90. The number of nitriles is 1. The second-order valence-corrected chi connectivity index (χ2v) is 9.51. The number of aromatic nitrogens is 2. The van der Waals surface area contributed by atoms with Gasteiger partial charge in [-0.15, -0.1) is 0 Å². The Morgan fingerprint density at radius 1 is 1.25 bits per heavy atom. The Balaban J connectivity index is 2.07. The number of carbonyl (C=O) groups is 1. The van der Waals surface area contributed by atoms with Gasteiger partial charge in [-0.05, 0) is 56.5 Å². The summed E-state index contributed by atoms with van der Waals surface area (Å²) in [6.45, 7) is 8.71. The van der Waals surface area contributed by atoms with Crippen molar-refractivity contribution < 1.29 is 9.18 Å². The molecule has 0 aliphatic heterocycles. The van der Waals surface area contributed by atoms with E-state index in [1.165, 1.54) is 10.6 Å². The molecule has 1 amide bonds. The maximum absolute atomic E-state index is 14.3. The highest BCUT2D eigenvalue weighted by molar-refractivity contribution is 8.00. The van der Waals surface area contributed by atoms with Gasteiger partial charge in [0.25, 0.3) is 5.56 Å². The first-order valence-electron chi connectivity index (χ1n) is 10.3. The number of aryl methyl sites for hydroxylation is 1. The number of para-hydroxylation sites is 1. The lowest BCUT2D eigenvalue weighted by Crippen LogP contribution is -2.51. The van der Waals surface area contributed by atoms with Gasteiger partial charge in [0.2, 0.25) is 5.91 Å². The Morgan fingerprint density at radius 3 is 2.56 bits per heavy atom. The Labute approximate surface area is 190 Å². The fourth-order valence-electron chi connectivity index (χ4n) is 3.01. The molecule has 8 heteroatoms. The van der Waals surface area contributed by atoms with Crippen LogP contribution in [0.2, 0.25) is 0 Å². The van der Waals surface area contributed by atoms with Crippen molar-refractivity contribution in [1.82, 2.24) is 14.9 Å². The van der Waals surface area contributed by atoms with Crippen LogP contribution in [-0.4, -0.2) is 26.2 Å². The monoisotopic (exact) mass is 452 g/mol. The number of hydrogen-bond acceptors (Lipinski definition) is 5. The Hall–Kier alpha value is -3.18. The molecule has 2 unspecified atom stereocenters. The van der Waals surface area contributed by atoms with Gasteiger partial charge in [-0.1, -0.05) is 43.8 Å². The number of fused-ring (bicyclic) bond motifs is 1. The van der Waals surface area contributed by atoms with E-state index in [1.54, 1.807) is 57.2 Å². The molecule has 3 aromatic rings. The summed E-state index contributed by atoms with van der Waals surface area (Å²) in [5, 5.41) is 12.3. The molecule has 0 fully saturated rings. The summed E-state index contributed by atoms with van der Waals surface area (Å²) >= 11 is 1.08. The Kier molecular flexibility index (Phi) is 6.70. The lowest BCUT2D eigenvalue weighted by Gasteiger charge is -2.28. The minimum absolute atomic E-state index is 0.0962. The van der Waals surface area contributed by atoms with Crippen LogP contribution < -0.4 is 10.9 Å². The molecule has 0 saturated carbocycles. The summed E-state index contributed by atoms with van der Waals surface area (Å²) in [7, 11) is 0. The van der Waals surface area contributed by atoms with Crippen molar-refractivity contribution in [3.05, 3.63) is 64.2 Å². The molecule has 0 spiro atoms. The van der Waals surface area contributed by atoms with E-state index in [9.17, 15) is 19.2 Å². The summed E-state index contributed by atoms with van der Waals surface area (Å²) in [5.41, 5.74) is -0.0985. The van der Waals surface area contributed by atoms with Crippen LogP contribution in [0.15, 0.2) is 52.4 Å². The summed E-state index contributed by atoms with van der Waals surface area (Å²) in [6.07, 6.45) is 0. The van der Waals surface area contributed by atoms with Crippen molar-refractivity contribution in [2.45, 2.75) is 50.6 Å². The van der Waals surface area contributed by atoms with Gasteiger partial charge in [-0.3, -0.25) is 14.2 Å². The Bertz CT molecular complexity index is 1280. The number of carbonyl (C=O) groups excluding carboxylic acids is 1. The molecule has 2 aromatic carbocycles. The third kappa shape index (κ3) is 4.53. The SMILES string of the molecule is Cc1ccc(-n2c(SC(C)C(=O)NC(C)(C#N)C(C)C)nc3ccccc3c2=O)cc1F. The van der Waals surface area contributed by atoms with Crippen molar-refractivity contribution in [2.75, 3.05) is 0 Å². The molecule has 1 aromatic heterocycles. The number of nitrogens with one attached hydrogen (secondary N) is 1. The van der Waals surface area contributed by atoms with Gasteiger partial charge in [0.15, 0.2) is 5.16 Å². The summed E-state index contributed by atoms with van der Waals surface area (Å²) < 4.78 is 15.6. The van der Waals surface area contributed by atoms with Crippen LogP contribution in [0.5, 0.6) is 0 Å². The average Bonchev–Trinajstić information content (AvgIpc) is 2.75. The molecular formula is C24H25FN4O2S. The van der Waals surface area contributed by atoms with Gasteiger partial charge in [0, 0.05) is 0 Å². The van der Waals surface area contributed by atoms with E-state index in [0.29, 0.717) is 22.2 Å². The molecule has 32 heavy (non-hydrogen) atoms.